The summed E-state index contributed by atoms with van der Waals surface area (Å²) in [5, 5.41) is 4.81. The smallest absolute Gasteiger partial charge is 0.243 e. The number of carbonyl (C=O) groups is 2. The molecule has 0 radical (unpaired) electrons. The first-order valence-electron chi connectivity index (χ1n) is 5.05. The first-order valence-corrected chi connectivity index (χ1v) is 5.05. The summed E-state index contributed by atoms with van der Waals surface area (Å²) in [7, 11) is 0. The van der Waals surface area contributed by atoms with E-state index in [0.717, 1.165) is 5.56 Å². The molecule has 0 bridgehead atoms. The number of hydrogen-bond acceptors (Lipinski definition) is 3. The van der Waals surface area contributed by atoms with Crippen LogP contribution in [0.25, 0.3) is 0 Å². The van der Waals surface area contributed by atoms with Gasteiger partial charge in [0.1, 0.15) is 5.82 Å². The number of amides is 2. The van der Waals surface area contributed by atoms with E-state index in [-0.39, 0.29) is 25.5 Å². The van der Waals surface area contributed by atoms with Crippen molar-refractivity contribution in [3.8, 4) is 0 Å². The molecule has 0 aromatic heterocycles. The lowest BCUT2D eigenvalue weighted by Gasteiger charge is -2.08. The van der Waals surface area contributed by atoms with Gasteiger partial charge in [-0.15, -0.1) is 12.4 Å². The quantitative estimate of drug-likeness (QED) is 0.751. The Balaban J connectivity index is 0.00000289. The van der Waals surface area contributed by atoms with Gasteiger partial charge in [0, 0.05) is 5.69 Å². The van der Waals surface area contributed by atoms with E-state index in [9.17, 15) is 14.0 Å². The maximum Gasteiger partial charge on any atom is 0.243 e. The van der Waals surface area contributed by atoms with Crippen molar-refractivity contribution in [1.29, 1.82) is 0 Å². The molecular weight excluding hydrogens is 261 g/mol. The Hall–Kier alpha value is -1.66. The molecule has 0 heterocycles. The minimum Gasteiger partial charge on any atom is -0.346 e. The van der Waals surface area contributed by atoms with E-state index in [4.69, 9.17) is 5.73 Å². The van der Waals surface area contributed by atoms with Crippen LogP contribution < -0.4 is 16.4 Å². The Morgan fingerprint density at radius 3 is 2.61 bits per heavy atom. The summed E-state index contributed by atoms with van der Waals surface area (Å²) in [6.45, 7) is 1.38. The molecule has 0 saturated heterocycles. The molecule has 1 aromatic rings. The lowest BCUT2D eigenvalue weighted by Crippen LogP contribution is -2.36. The van der Waals surface area contributed by atoms with Gasteiger partial charge >= 0.3 is 0 Å². The topological polar surface area (TPSA) is 84.2 Å². The number of nitrogens with two attached hydrogens (primary N) is 1. The molecule has 0 unspecified atom stereocenters. The van der Waals surface area contributed by atoms with E-state index < -0.39 is 17.6 Å². The predicted molar refractivity (Wildman–Crippen MR) is 69.1 cm³/mol. The summed E-state index contributed by atoms with van der Waals surface area (Å²) < 4.78 is 12.9. The number of benzene rings is 1. The average molecular weight is 276 g/mol. The van der Waals surface area contributed by atoms with Gasteiger partial charge in [-0.3, -0.25) is 9.59 Å². The van der Waals surface area contributed by atoms with E-state index in [0.29, 0.717) is 5.69 Å². The normalized spacial score (nSPS) is 9.28. The Morgan fingerprint density at radius 2 is 2.00 bits per heavy atom. The number of hydrogen-bond donors (Lipinski definition) is 3. The number of carbonyl (C=O) groups excluding carboxylic acids is 2. The molecule has 0 atom stereocenters. The molecule has 1 aromatic carbocycles. The third-order valence-electron chi connectivity index (χ3n) is 2.11. The number of anilines is 1. The predicted octanol–water partition coefficient (Wildman–Crippen LogP) is 0.569. The molecule has 2 amide bonds. The third kappa shape index (κ3) is 5.11. The summed E-state index contributed by atoms with van der Waals surface area (Å²) in [5.41, 5.74) is 6.19. The summed E-state index contributed by atoms with van der Waals surface area (Å²) >= 11 is 0. The zero-order valence-corrected chi connectivity index (χ0v) is 10.6. The van der Waals surface area contributed by atoms with Crippen LogP contribution in [0.15, 0.2) is 18.2 Å². The number of halogens is 2. The second-order valence-corrected chi connectivity index (χ2v) is 3.49. The van der Waals surface area contributed by atoms with Crippen LogP contribution >= 0.6 is 12.4 Å². The van der Waals surface area contributed by atoms with Crippen LogP contribution in [-0.4, -0.2) is 24.9 Å². The van der Waals surface area contributed by atoms with Crippen LogP contribution in [0.2, 0.25) is 0 Å². The number of rotatable bonds is 4. The molecule has 0 aliphatic carbocycles. The van der Waals surface area contributed by atoms with E-state index in [1.54, 1.807) is 13.0 Å². The van der Waals surface area contributed by atoms with Crippen molar-refractivity contribution in [2.24, 2.45) is 5.73 Å². The lowest BCUT2D eigenvalue weighted by atomic mass is 10.2. The van der Waals surface area contributed by atoms with Crippen molar-refractivity contribution in [2.75, 3.05) is 18.4 Å². The van der Waals surface area contributed by atoms with Gasteiger partial charge in [0.05, 0.1) is 13.1 Å². The molecule has 0 aliphatic heterocycles. The summed E-state index contributed by atoms with van der Waals surface area (Å²) in [5.74, 6) is -1.28. The molecular formula is C11H15ClFN3O2. The van der Waals surface area contributed by atoms with Crippen molar-refractivity contribution in [3.05, 3.63) is 29.6 Å². The highest BCUT2D eigenvalue weighted by atomic mass is 35.5. The van der Waals surface area contributed by atoms with Crippen LogP contribution in [-0.2, 0) is 9.59 Å². The highest BCUT2D eigenvalue weighted by Gasteiger charge is 2.07. The average Bonchev–Trinajstić information content (AvgIpc) is 2.30. The van der Waals surface area contributed by atoms with Gasteiger partial charge < -0.3 is 16.4 Å². The van der Waals surface area contributed by atoms with Gasteiger partial charge in [0.2, 0.25) is 11.8 Å². The van der Waals surface area contributed by atoms with Crippen LogP contribution in [0.1, 0.15) is 5.56 Å². The van der Waals surface area contributed by atoms with Gasteiger partial charge in [0.25, 0.3) is 0 Å². The van der Waals surface area contributed by atoms with Gasteiger partial charge in [-0.1, -0.05) is 6.07 Å². The highest BCUT2D eigenvalue weighted by Crippen LogP contribution is 2.15. The van der Waals surface area contributed by atoms with Crippen LogP contribution in [0.4, 0.5) is 10.1 Å². The largest absolute Gasteiger partial charge is 0.346 e. The fourth-order valence-electron chi connectivity index (χ4n) is 1.17. The van der Waals surface area contributed by atoms with Crippen molar-refractivity contribution in [3.63, 3.8) is 0 Å². The third-order valence-corrected chi connectivity index (χ3v) is 2.11. The van der Waals surface area contributed by atoms with Crippen LogP contribution in [0, 0.1) is 12.7 Å². The number of nitrogens with one attached hydrogen (secondary N) is 2. The van der Waals surface area contributed by atoms with Crippen molar-refractivity contribution in [2.45, 2.75) is 6.92 Å². The number of aryl methyl sites for hydroxylation is 1. The first-order chi connectivity index (χ1) is 8.02. The maximum atomic E-state index is 12.9. The molecule has 0 fully saturated rings. The molecule has 7 heteroatoms. The molecule has 1 rings (SSSR count). The monoisotopic (exact) mass is 275 g/mol. The molecule has 4 N–H and O–H groups in total. The van der Waals surface area contributed by atoms with Crippen LogP contribution in [0.3, 0.4) is 0 Å². The summed E-state index contributed by atoms with van der Waals surface area (Å²) in [6.07, 6.45) is 0. The Kier molecular flexibility index (Phi) is 6.92. The Morgan fingerprint density at radius 1 is 1.33 bits per heavy atom. The fourth-order valence-corrected chi connectivity index (χ4v) is 1.17. The zero-order chi connectivity index (χ0) is 12.8. The molecule has 0 aliphatic rings. The molecule has 0 spiro atoms. The van der Waals surface area contributed by atoms with Crippen LogP contribution in [0.5, 0.6) is 0 Å². The summed E-state index contributed by atoms with van der Waals surface area (Å²) in [4.78, 5) is 22.2. The van der Waals surface area contributed by atoms with Crippen molar-refractivity contribution >= 4 is 29.9 Å². The lowest BCUT2D eigenvalue weighted by molar-refractivity contribution is -0.123. The van der Waals surface area contributed by atoms with E-state index >= 15 is 0 Å². The maximum absolute atomic E-state index is 12.9. The van der Waals surface area contributed by atoms with E-state index in [1.807, 2.05) is 0 Å². The van der Waals surface area contributed by atoms with Crippen molar-refractivity contribution < 1.29 is 14.0 Å². The SMILES string of the molecule is Cc1ccc(F)cc1NC(=O)CNC(=O)CN.Cl. The zero-order valence-electron chi connectivity index (χ0n) is 9.83. The van der Waals surface area contributed by atoms with Gasteiger partial charge in [-0.25, -0.2) is 4.39 Å². The second-order valence-electron chi connectivity index (χ2n) is 3.49. The standard InChI is InChI=1S/C11H14FN3O2.ClH/c1-7-2-3-8(12)4-9(7)15-11(17)6-14-10(16)5-13;/h2-4H,5-6,13H2,1H3,(H,14,16)(H,15,17);1H. The minimum atomic E-state index is -0.433. The Labute approximate surface area is 110 Å². The van der Waals surface area contributed by atoms with Gasteiger partial charge in [-0.05, 0) is 24.6 Å². The second kappa shape index (κ2) is 7.62. The van der Waals surface area contributed by atoms with Gasteiger partial charge in [0.15, 0.2) is 0 Å². The Bertz CT molecular complexity index is 440. The highest BCUT2D eigenvalue weighted by molar-refractivity contribution is 5.95. The van der Waals surface area contributed by atoms with Gasteiger partial charge in [-0.2, -0.15) is 0 Å². The van der Waals surface area contributed by atoms with E-state index in [2.05, 4.69) is 10.6 Å². The summed E-state index contributed by atoms with van der Waals surface area (Å²) in [6, 6.07) is 4.09. The molecule has 18 heavy (non-hydrogen) atoms. The fraction of sp³-hybridized carbons (Fsp3) is 0.273. The van der Waals surface area contributed by atoms with Crippen molar-refractivity contribution in [1.82, 2.24) is 5.32 Å². The first kappa shape index (κ1) is 16.3. The minimum absolute atomic E-state index is 0. The van der Waals surface area contributed by atoms with E-state index in [1.165, 1.54) is 12.1 Å². The molecule has 0 saturated carbocycles. The molecule has 5 nitrogen and oxygen atoms in total. The molecule has 100 valence electrons.